The Kier molecular flexibility index (Phi) is 5.41. The van der Waals surface area contributed by atoms with E-state index in [0.717, 1.165) is 43.5 Å². The molecule has 118 valence electrons. The minimum atomic E-state index is -3.40. The van der Waals surface area contributed by atoms with Crippen molar-refractivity contribution in [1.29, 1.82) is 0 Å². The fraction of sp³-hybridized carbons (Fsp3) is 0.625. The zero-order chi connectivity index (χ0) is 15.5. The van der Waals surface area contributed by atoms with Crippen molar-refractivity contribution in [3.63, 3.8) is 0 Å². The van der Waals surface area contributed by atoms with Crippen LogP contribution in [0, 0.1) is 13.8 Å². The quantitative estimate of drug-likeness (QED) is 0.909. The fourth-order valence-electron chi connectivity index (χ4n) is 2.82. The average molecular weight is 310 g/mol. The number of benzene rings is 1. The number of nitrogens with one attached hydrogen (secondary N) is 1. The van der Waals surface area contributed by atoms with Gasteiger partial charge < -0.3 is 5.32 Å². The minimum absolute atomic E-state index is 0.123. The monoisotopic (exact) mass is 310 g/mol. The number of hydrogen-bond donors (Lipinski definition) is 1. The molecule has 1 aromatic carbocycles. The van der Waals surface area contributed by atoms with Gasteiger partial charge in [-0.1, -0.05) is 13.0 Å². The van der Waals surface area contributed by atoms with Crippen LogP contribution in [0.15, 0.2) is 23.1 Å². The molecule has 0 radical (unpaired) electrons. The highest BCUT2D eigenvalue weighted by molar-refractivity contribution is 7.89. The third-order valence-corrected chi connectivity index (χ3v) is 6.19. The Bertz CT molecular complexity index is 578. The van der Waals surface area contributed by atoms with Gasteiger partial charge in [-0.15, -0.1) is 0 Å². The molecule has 0 saturated carbocycles. The molecule has 1 aromatic rings. The maximum atomic E-state index is 13.0. The Morgan fingerprint density at radius 3 is 2.43 bits per heavy atom. The maximum Gasteiger partial charge on any atom is 0.243 e. The standard InChI is InChI=1S/C16H26N2O2S/c1-4-11-18(15-7-9-17-10-8-15)21(19,20)16-6-5-13(2)14(3)12-16/h5-6,12,15,17H,4,7-11H2,1-3H3. The largest absolute Gasteiger partial charge is 0.317 e. The Morgan fingerprint density at radius 1 is 1.19 bits per heavy atom. The van der Waals surface area contributed by atoms with E-state index in [1.165, 1.54) is 0 Å². The second-order valence-corrected chi connectivity index (χ2v) is 7.73. The van der Waals surface area contributed by atoms with Crippen LogP contribution < -0.4 is 5.32 Å². The minimum Gasteiger partial charge on any atom is -0.317 e. The summed E-state index contributed by atoms with van der Waals surface area (Å²) < 4.78 is 27.7. The highest BCUT2D eigenvalue weighted by atomic mass is 32.2. The predicted octanol–water partition coefficient (Wildman–Crippen LogP) is 2.46. The van der Waals surface area contributed by atoms with Crippen LogP contribution in [0.1, 0.15) is 37.3 Å². The maximum absolute atomic E-state index is 13.0. The third-order valence-electron chi connectivity index (χ3n) is 4.24. The van der Waals surface area contributed by atoms with Crippen molar-refractivity contribution in [2.75, 3.05) is 19.6 Å². The Labute approximate surface area is 128 Å². The molecule has 21 heavy (non-hydrogen) atoms. The first kappa shape index (κ1) is 16.5. The summed E-state index contributed by atoms with van der Waals surface area (Å²) in [4.78, 5) is 0.428. The van der Waals surface area contributed by atoms with Crippen LogP contribution >= 0.6 is 0 Å². The molecule has 1 fully saturated rings. The summed E-state index contributed by atoms with van der Waals surface area (Å²) in [6, 6.07) is 5.56. The van der Waals surface area contributed by atoms with Crippen molar-refractivity contribution in [1.82, 2.24) is 9.62 Å². The molecule has 0 atom stereocenters. The lowest BCUT2D eigenvalue weighted by molar-refractivity contribution is 0.262. The molecule has 4 nitrogen and oxygen atoms in total. The van der Waals surface area contributed by atoms with E-state index in [2.05, 4.69) is 5.32 Å². The number of nitrogens with zero attached hydrogens (tertiary/aromatic N) is 1. The number of piperidine rings is 1. The molecule has 1 heterocycles. The van der Waals surface area contributed by atoms with Gasteiger partial charge in [0.25, 0.3) is 0 Å². The summed E-state index contributed by atoms with van der Waals surface area (Å²) in [6.45, 7) is 8.38. The summed E-state index contributed by atoms with van der Waals surface area (Å²) in [5, 5.41) is 3.30. The zero-order valence-electron chi connectivity index (χ0n) is 13.2. The molecule has 0 unspecified atom stereocenters. The van der Waals surface area contributed by atoms with Gasteiger partial charge in [0, 0.05) is 12.6 Å². The smallest absolute Gasteiger partial charge is 0.243 e. The first-order chi connectivity index (χ1) is 9.96. The molecule has 0 bridgehead atoms. The van der Waals surface area contributed by atoms with Gasteiger partial charge in [0.05, 0.1) is 4.90 Å². The van der Waals surface area contributed by atoms with Crippen molar-refractivity contribution >= 4 is 10.0 Å². The van der Waals surface area contributed by atoms with E-state index in [1.807, 2.05) is 26.8 Å². The summed E-state index contributed by atoms with van der Waals surface area (Å²) >= 11 is 0. The van der Waals surface area contributed by atoms with Crippen molar-refractivity contribution in [2.24, 2.45) is 0 Å². The lowest BCUT2D eigenvalue weighted by Gasteiger charge is -2.33. The van der Waals surface area contributed by atoms with Crippen molar-refractivity contribution in [2.45, 2.75) is 51.0 Å². The van der Waals surface area contributed by atoms with Gasteiger partial charge in [0.1, 0.15) is 0 Å². The molecule has 0 amide bonds. The lowest BCUT2D eigenvalue weighted by atomic mass is 10.1. The SMILES string of the molecule is CCCN(C1CCNCC1)S(=O)(=O)c1ccc(C)c(C)c1. The second-order valence-electron chi connectivity index (χ2n) is 5.84. The second kappa shape index (κ2) is 6.90. The number of aryl methyl sites for hydroxylation is 2. The summed E-state index contributed by atoms with van der Waals surface area (Å²) in [7, 11) is -3.40. The number of sulfonamides is 1. The summed E-state index contributed by atoms with van der Waals surface area (Å²) in [5.74, 6) is 0. The number of rotatable bonds is 5. The van der Waals surface area contributed by atoms with Gasteiger partial charge in [-0.05, 0) is 69.5 Å². The van der Waals surface area contributed by atoms with Gasteiger partial charge in [-0.25, -0.2) is 8.42 Å². The molecule has 0 aliphatic carbocycles. The van der Waals surface area contributed by atoms with Crippen LogP contribution in [-0.4, -0.2) is 38.4 Å². The van der Waals surface area contributed by atoms with Crippen LogP contribution in [0.4, 0.5) is 0 Å². The fourth-order valence-corrected chi connectivity index (χ4v) is 4.69. The molecular weight excluding hydrogens is 284 g/mol. The van der Waals surface area contributed by atoms with Crippen LogP contribution in [-0.2, 0) is 10.0 Å². The summed E-state index contributed by atoms with van der Waals surface area (Å²) in [6.07, 6.45) is 2.63. The molecule has 0 aromatic heterocycles. The van der Waals surface area contributed by atoms with E-state index in [-0.39, 0.29) is 6.04 Å². The Balaban J connectivity index is 2.34. The normalized spacial score (nSPS) is 17.3. The van der Waals surface area contributed by atoms with E-state index in [0.29, 0.717) is 11.4 Å². The Hall–Kier alpha value is -0.910. The van der Waals surface area contributed by atoms with E-state index in [1.54, 1.807) is 16.4 Å². The van der Waals surface area contributed by atoms with Gasteiger partial charge in [-0.2, -0.15) is 4.31 Å². The average Bonchev–Trinajstić information content (AvgIpc) is 2.48. The predicted molar refractivity (Wildman–Crippen MR) is 86.0 cm³/mol. The molecular formula is C16H26N2O2S. The highest BCUT2D eigenvalue weighted by Gasteiger charge is 2.31. The molecule has 2 rings (SSSR count). The topological polar surface area (TPSA) is 49.4 Å². The first-order valence-corrected chi connectivity index (χ1v) is 9.20. The molecule has 1 aliphatic rings. The van der Waals surface area contributed by atoms with Crippen molar-refractivity contribution < 1.29 is 8.42 Å². The highest BCUT2D eigenvalue weighted by Crippen LogP contribution is 2.24. The Morgan fingerprint density at radius 2 is 1.86 bits per heavy atom. The van der Waals surface area contributed by atoms with Crippen LogP contribution in [0.25, 0.3) is 0 Å². The molecule has 1 aliphatic heterocycles. The third kappa shape index (κ3) is 3.65. The summed E-state index contributed by atoms with van der Waals surface area (Å²) in [5.41, 5.74) is 2.15. The molecule has 0 spiro atoms. The van der Waals surface area contributed by atoms with Crippen molar-refractivity contribution in [3.8, 4) is 0 Å². The van der Waals surface area contributed by atoms with Crippen LogP contribution in [0.3, 0.4) is 0 Å². The van der Waals surface area contributed by atoms with Crippen molar-refractivity contribution in [3.05, 3.63) is 29.3 Å². The van der Waals surface area contributed by atoms with E-state index >= 15 is 0 Å². The van der Waals surface area contributed by atoms with E-state index in [4.69, 9.17) is 0 Å². The van der Waals surface area contributed by atoms with E-state index in [9.17, 15) is 8.42 Å². The molecule has 1 saturated heterocycles. The van der Waals surface area contributed by atoms with Gasteiger partial charge in [-0.3, -0.25) is 0 Å². The zero-order valence-corrected chi connectivity index (χ0v) is 14.0. The van der Waals surface area contributed by atoms with Gasteiger partial charge in [0.15, 0.2) is 0 Å². The van der Waals surface area contributed by atoms with Gasteiger partial charge in [0.2, 0.25) is 10.0 Å². The first-order valence-electron chi connectivity index (χ1n) is 7.76. The van der Waals surface area contributed by atoms with Crippen LogP contribution in [0.2, 0.25) is 0 Å². The molecule has 1 N–H and O–H groups in total. The number of hydrogen-bond acceptors (Lipinski definition) is 3. The lowest BCUT2D eigenvalue weighted by Crippen LogP contribution is -2.46. The van der Waals surface area contributed by atoms with E-state index < -0.39 is 10.0 Å². The molecule has 5 heteroatoms. The van der Waals surface area contributed by atoms with Crippen LogP contribution in [0.5, 0.6) is 0 Å². The van der Waals surface area contributed by atoms with Gasteiger partial charge >= 0.3 is 0 Å².